The highest BCUT2D eigenvalue weighted by Gasteiger charge is 2.33. The molecule has 0 bridgehead atoms. The molecule has 1 saturated heterocycles. The highest BCUT2D eigenvalue weighted by molar-refractivity contribution is 5.92. The molecule has 3 N–H and O–H groups in total. The van der Waals surface area contributed by atoms with Gasteiger partial charge in [0.2, 0.25) is 11.8 Å². The third kappa shape index (κ3) is 7.30. The van der Waals surface area contributed by atoms with Gasteiger partial charge in [-0.25, -0.2) is 5.43 Å². The topological polar surface area (TPSA) is 117 Å². The van der Waals surface area contributed by atoms with Crippen LogP contribution in [0.2, 0.25) is 0 Å². The van der Waals surface area contributed by atoms with Gasteiger partial charge in [0.15, 0.2) is 0 Å². The maximum absolute atomic E-state index is 12.7. The summed E-state index contributed by atoms with van der Waals surface area (Å²) < 4.78 is 4.72. The third-order valence-corrected chi connectivity index (χ3v) is 5.08. The number of carbonyl (C=O) groups is 4. The first-order chi connectivity index (χ1) is 13.6. The van der Waals surface area contributed by atoms with E-state index in [0.29, 0.717) is 19.4 Å². The molecule has 0 radical (unpaired) electrons. The van der Waals surface area contributed by atoms with Crippen molar-refractivity contribution < 1.29 is 23.9 Å². The second-order valence-electron chi connectivity index (χ2n) is 7.99. The molecule has 29 heavy (non-hydrogen) atoms. The van der Waals surface area contributed by atoms with E-state index in [-0.39, 0.29) is 23.7 Å². The zero-order chi connectivity index (χ0) is 22.1. The zero-order valence-electron chi connectivity index (χ0n) is 18.4. The van der Waals surface area contributed by atoms with Gasteiger partial charge in [0.25, 0.3) is 5.91 Å². The minimum Gasteiger partial charge on any atom is -0.468 e. The molecule has 9 nitrogen and oxygen atoms in total. The van der Waals surface area contributed by atoms with Gasteiger partial charge in [-0.1, -0.05) is 34.1 Å². The summed E-state index contributed by atoms with van der Waals surface area (Å²) in [7, 11) is 1.30. The van der Waals surface area contributed by atoms with Crippen LogP contribution in [-0.4, -0.2) is 60.5 Å². The van der Waals surface area contributed by atoms with Crippen molar-refractivity contribution >= 4 is 23.7 Å². The Morgan fingerprint density at radius 3 is 2.31 bits per heavy atom. The first-order valence-electron chi connectivity index (χ1n) is 10.4. The summed E-state index contributed by atoms with van der Waals surface area (Å²) in [6.07, 6.45) is 2.86. The molecule has 1 heterocycles. The van der Waals surface area contributed by atoms with Crippen LogP contribution in [0.15, 0.2) is 0 Å². The van der Waals surface area contributed by atoms with Crippen LogP contribution in [0.1, 0.15) is 60.3 Å². The molecule has 1 rings (SSSR count). The monoisotopic (exact) mass is 412 g/mol. The van der Waals surface area contributed by atoms with E-state index in [2.05, 4.69) is 16.1 Å². The molecule has 1 fully saturated rings. The van der Waals surface area contributed by atoms with Crippen LogP contribution in [0.3, 0.4) is 0 Å². The van der Waals surface area contributed by atoms with Crippen LogP contribution in [0.5, 0.6) is 0 Å². The predicted molar refractivity (Wildman–Crippen MR) is 108 cm³/mol. The Bertz CT molecular complexity index is 595. The summed E-state index contributed by atoms with van der Waals surface area (Å²) in [5, 5.41) is 6.84. The van der Waals surface area contributed by atoms with E-state index >= 15 is 0 Å². The van der Waals surface area contributed by atoms with Crippen molar-refractivity contribution in [2.45, 2.75) is 78.4 Å². The van der Waals surface area contributed by atoms with Crippen LogP contribution < -0.4 is 16.1 Å². The molecular formula is C20H36N4O5. The van der Waals surface area contributed by atoms with Crippen LogP contribution >= 0.6 is 0 Å². The molecular weight excluding hydrogens is 376 g/mol. The summed E-state index contributed by atoms with van der Waals surface area (Å²) in [5.41, 5.74) is 2.86. The summed E-state index contributed by atoms with van der Waals surface area (Å²) in [5.74, 6) is -1.66. The second-order valence-corrected chi connectivity index (χ2v) is 7.99. The number of amides is 3. The summed E-state index contributed by atoms with van der Waals surface area (Å²) >= 11 is 0. The smallest absolute Gasteiger partial charge is 0.324 e. The van der Waals surface area contributed by atoms with Crippen molar-refractivity contribution in [3.8, 4) is 0 Å². The molecule has 0 aromatic carbocycles. The van der Waals surface area contributed by atoms with Gasteiger partial charge in [0.1, 0.15) is 18.1 Å². The summed E-state index contributed by atoms with van der Waals surface area (Å²) in [6, 6.07) is -2.12. The maximum Gasteiger partial charge on any atom is 0.324 e. The van der Waals surface area contributed by atoms with Crippen molar-refractivity contribution in [1.82, 2.24) is 21.1 Å². The molecule has 9 heteroatoms. The van der Waals surface area contributed by atoms with Gasteiger partial charge in [-0.2, -0.15) is 0 Å². The molecule has 1 aliphatic heterocycles. The number of methoxy groups -OCH3 is 1. The molecule has 0 spiro atoms. The van der Waals surface area contributed by atoms with Crippen LogP contribution in [0.25, 0.3) is 0 Å². The van der Waals surface area contributed by atoms with E-state index in [0.717, 1.165) is 12.8 Å². The quantitative estimate of drug-likeness (QED) is 0.481. The molecule has 0 aromatic heterocycles. The Balaban J connectivity index is 2.70. The SMILES string of the molecule is CCC[C@@H](C)C(=O)N[C@H](C(=O)N[C@@H](C)C(=O)N1CCC[C@@H](C(=O)OC)N1)C(C)C. The molecule has 0 saturated carbocycles. The zero-order valence-corrected chi connectivity index (χ0v) is 18.4. The van der Waals surface area contributed by atoms with E-state index in [4.69, 9.17) is 4.74 Å². The third-order valence-electron chi connectivity index (χ3n) is 5.08. The molecule has 3 amide bonds. The Morgan fingerprint density at radius 1 is 1.10 bits per heavy atom. The number of nitrogens with one attached hydrogen (secondary N) is 3. The number of hydrogen-bond acceptors (Lipinski definition) is 6. The molecule has 0 aliphatic carbocycles. The van der Waals surface area contributed by atoms with Gasteiger partial charge in [0, 0.05) is 12.5 Å². The van der Waals surface area contributed by atoms with Crippen molar-refractivity contribution in [2.24, 2.45) is 11.8 Å². The largest absolute Gasteiger partial charge is 0.468 e. The van der Waals surface area contributed by atoms with Crippen molar-refractivity contribution in [3.63, 3.8) is 0 Å². The highest BCUT2D eigenvalue weighted by Crippen LogP contribution is 2.11. The fraction of sp³-hybridized carbons (Fsp3) is 0.800. The van der Waals surface area contributed by atoms with Gasteiger partial charge in [-0.15, -0.1) is 0 Å². The van der Waals surface area contributed by atoms with E-state index in [1.165, 1.54) is 12.1 Å². The van der Waals surface area contributed by atoms with E-state index < -0.39 is 30.0 Å². The second kappa shape index (κ2) is 11.7. The number of nitrogens with zero attached hydrogens (tertiary/aromatic N) is 1. The fourth-order valence-electron chi connectivity index (χ4n) is 3.25. The summed E-state index contributed by atoms with van der Waals surface area (Å²) in [4.78, 5) is 49.5. The lowest BCUT2D eigenvalue weighted by molar-refractivity contribution is -0.150. The molecule has 0 aromatic rings. The van der Waals surface area contributed by atoms with Gasteiger partial charge >= 0.3 is 5.97 Å². The van der Waals surface area contributed by atoms with Gasteiger partial charge in [-0.05, 0) is 32.1 Å². The lowest BCUT2D eigenvalue weighted by atomic mass is 10.00. The molecule has 0 unspecified atom stereocenters. The molecule has 1 aliphatic rings. The average molecular weight is 413 g/mol. The van der Waals surface area contributed by atoms with Crippen LogP contribution in [-0.2, 0) is 23.9 Å². The fourth-order valence-corrected chi connectivity index (χ4v) is 3.25. The first kappa shape index (κ1) is 24.9. The van der Waals surface area contributed by atoms with Crippen molar-refractivity contribution in [1.29, 1.82) is 0 Å². The van der Waals surface area contributed by atoms with Crippen molar-refractivity contribution in [2.75, 3.05) is 13.7 Å². The van der Waals surface area contributed by atoms with E-state index in [9.17, 15) is 19.2 Å². The number of rotatable bonds is 9. The van der Waals surface area contributed by atoms with Crippen LogP contribution in [0, 0.1) is 11.8 Å². The summed E-state index contributed by atoms with van der Waals surface area (Å²) in [6.45, 7) is 9.54. The van der Waals surface area contributed by atoms with Gasteiger partial charge in [0.05, 0.1) is 7.11 Å². The predicted octanol–water partition coefficient (Wildman–Crippen LogP) is 0.737. The molecule has 4 atom stereocenters. The first-order valence-corrected chi connectivity index (χ1v) is 10.4. The Labute approximate surface area is 173 Å². The number of esters is 1. The number of hydrogen-bond donors (Lipinski definition) is 3. The Kier molecular flexibility index (Phi) is 10.1. The minimum atomic E-state index is -0.808. The highest BCUT2D eigenvalue weighted by atomic mass is 16.5. The van der Waals surface area contributed by atoms with Gasteiger partial charge < -0.3 is 15.4 Å². The van der Waals surface area contributed by atoms with Crippen LogP contribution in [0.4, 0.5) is 0 Å². The lowest BCUT2D eigenvalue weighted by Crippen LogP contribution is -2.61. The van der Waals surface area contributed by atoms with Gasteiger partial charge in [-0.3, -0.25) is 24.2 Å². The minimum absolute atomic E-state index is 0.133. The van der Waals surface area contributed by atoms with E-state index in [1.54, 1.807) is 6.92 Å². The lowest BCUT2D eigenvalue weighted by Gasteiger charge is -2.34. The number of ether oxygens (including phenoxy) is 1. The standard InChI is InChI=1S/C20H36N4O5/c1-7-9-13(4)17(25)22-16(12(2)3)18(26)21-14(5)19(27)24-11-8-10-15(23-24)20(28)29-6/h12-16,23H,7-11H2,1-6H3,(H,21,26)(H,22,25)/t13-,14+,15+,16+/m1/s1. The van der Waals surface area contributed by atoms with Crippen molar-refractivity contribution in [3.05, 3.63) is 0 Å². The normalized spacial score (nSPS) is 19.8. The maximum atomic E-state index is 12.7. The Hall–Kier alpha value is -2.16. The Morgan fingerprint density at radius 2 is 1.76 bits per heavy atom. The number of hydrazine groups is 1. The average Bonchev–Trinajstić information content (AvgIpc) is 2.70. The molecule has 166 valence electrons. The number of carbonyl (C=O) groups excluding carboxylic acids is 4. The van der Waals surface area contributed by atoms with E-state index in [1.807, 2.05) is 27.7 Å².